The van der Waals surface area contributed by atoms with E-state index in [1.165, 1.54) is 0 Å². The normalized spacial score (nSPS) is 20.3. The first kappa shape index (κ1) is 19.1. The van der Waals surface area contributed by atoms with E-state index in [1.54, 1.807) is 0 Å². The maximum absolute atomic E-state index is 12.4. The molecule has 1 N–H and O–H groups in total. The van der Waals surface area contributed by atoms with Gasteiger partial charge in [0.25, 0.3) is 0 Å². The van der Waals surface area contributed by atoms with Crippen molar-refractivity contribution in [2.24, 2.45) is 5.92 Å². The first-order valence-corrected chi connectivity index (χ1v) is 10.0. The van der Waals surface area contributed by atoms with Crippen molar-refractivity contribution in [1.82, 2.24) is 20.1 Å². The van der Waals surface area contributed by atoms with E-state index in [1.807, 2.05) is 12.3 Å². The van der Waals surface area contributed by atoms with Crippen molar-refractivity contribution in [1.29, 1.82) is 0 Å². The Morgan fingerprint density at radius 3 is 2.62 bits per heavy atom. The number of rotatable bonds is 6. The molecule has 26 heavy (non-hydrogen) atoms. The fourth-order valence-corrected chi connectivity index (χ4v) is 3.91. The number of nitrogens with one attached hydrogen (secondary N) is 1. The zero-order valence-corrected chi connectivity index (χ0v) is 16.3. The third-order valence-electron chi connectivity index (χ3n) is 5.77. The Kier molecular flexibility index (Phi) is 6.86. The van der Waals surface area contributed by atoms with Gasteiger partial charge in [0.05, 0.1) is 0 Å². The number of likely N-dealkylation sites (tertiary alicyclic amines) is 1. The van der Waals surface area contributed by atoms with Crippen molar-refractivity contribution >= 4 is 11.7 Å². The van der Waals surface area contributed by atoms with Crippen LogP contribution in [0.5, 0.6) is 0 Å². The lowest BCUT2D eigenvalue weighted by molar-refractivity contribution is -0.122. The molecule has 0 radical (unpaired) electrons. The maximum atomic E-state index is 12.4. The summed E-state index contributed by atoms with van der Waals surface area (Å²) in [4.78, 5) is 24.1. The van der Waals surface area contributed by atoms with Crippen LogP contribution in [0, 0.1) is 5.92 Å². The summed E-state index contributed by atoms with van der Waals surface area (Å²) in [6.07, 6.45) is 4.78. The molecule has 3 rings (SSSR count). The summed E-state index contributed by atoms with van der Waals surface area (Å²) < 4.78 is 0. The lowest BCUT2D eigenvalue weighted by Crippen LogP contribution is -2.45. The molecule has 1 amide bonds. The van der Waals surface area contributed by atoms with Crippen LogP contribution in [0.2, 0.25) is 0 Å². The minimum Gasteiger partial charge on any atom is -0.354 e. The molecule has 2 fully saturated rings. The second-order valence-corrected chi connectivity index (χ2v) is 7.63. The molecule has 1 aromatic heterocycles. The van der Waals surface area contributed by atoms with Crippen molar-refractivity contribution in [2.75, 3.05) is 57.8 Å². The third-order valence-corrected chi connectivity index (χ3v) is 5.77. The molecular formula is C20H33N5O. The fourth-order valence-electron chi connectivity index (χ4n) is 3.91. The van der Waals surface area contributed by atoms with E-state index < -0.39 is 0 Å². The average molecular weight is 360 g/mol. The van der Waals surface area contributed by atoms with Gasteiger partial charge in [0, 0.05) is 50.9 Å². The number of aromatic nitrogens is 1. The topological polar surface area (TPSA) is 51.7 Å². The van der Waals surface area contributed by atoms with Gasteiger partial charge < -0.3 is 20.0 Å². The van der Waals surface area contributed by atoms with E-state index in [-0.39, 0.29) is 5.91 Å². The average Bonchev–Trinajstić information content (AvgIpc) is 2.68. The van der Waals surface area contributed by atoms with Gasteiger partial charge in [-0.15, -0.1) is 0 Å². The molecule has 0 spiro atoms. The predicted octanol–water partition coefficient (Wildman–Crippen LogP) is 1.57. The van der Waals surface area contributed by atoms with E-state index in [4.69, 9.17) is 0 Å². The van der Waals surface area contributed by atoms with E-state index in [0.717, 1.165) is 70.0 Å². The van der Waals surface area contributed by atoms with Crippen LogP contribution in [0.1, 0.15) is 31.7 Å². The molecule has 6 heteroatoms. The van der Waals surface area contributed by atoms with Gasteiger partial charge in [0.2, 0.25) is 5.91 Å². The van der Waals surface area contributed by atoms with Crippen molar-refractivity contribution < 1.29 is 4.79 Å². The van der Waals surface area contributed by atoms with Crippen LogP contribution in [0.15, 0.2) is 18.3 Å². The number of hydrogen-bond acceptors (Lipinski definition) is 5. The summed E-state index contributed by atoms with van der Waals surface area (Å²) in [5.41, 5.74) is 1.12. The Hall–Kier alpha value is -1.66. The van der Waals surface area contributed by atoms with Crippen LogP contribution in [0.3, 0.4) is 0 Å². The molecule has 2 aliphatic heterocycles. The summed E-state index contributed by atoms with van der Waals surface area (Å²) >= 11 is 0. The van der Waals surface area contributed by atoms with Gasteiger partial charge in [-0.2, -0.15) is 0 Å². The summed E-state index contributed by atoms with van der Waals surface area (Å²) in [6, 6.07) is 4.04. The maximum Gasteiger partial charge on any atom is 0.220 e. The highest BCUT2D eigenvalue weighted by molar-refractivity contribution is 5.76. The van der Waals surface area contributed by atoms with Gasteiger partial charge in [-0.3, -0.25) is 4.79 Å². The first-order chi connectivity index (χ1) is 12.7. The van der Waals surface area contributed by atoms with Crippen LogP contribution >= 0.6 is 0 Å². The fraction of sp³-hybridized carbons (Fsp3) is 0.700. The van der Waals surface area contributed by atoms with Gasteiger partial charge in [-0.05, 0) is 51.5 Å². The largest absolute Gasteiger partial charge is 0.354 e. The smallest absolute Gasteiger partial charge is 0.220 e. The molecule has 0 atom stereocenters. The van der Waals surface area contributed by atoms with Gasteiger partial charge >= 0.3 is 0 Å². The molecule has 6 nitrogen and oxygen atoms in total. The lowest BCUT2D eigenvalue weighted by Gasteiger charge is -2.34. The summed E-state index contributed by atoms with van der Waals surface area (Å²) in [5.74, 6) is 1.73. The third kappa shape index (κ3) is 5.17. The highest BCUT2D eigenvalue weighted by atomic mass is 16.1. The van der Waals surface area contributed by atoms with Crippen molar-refractivity contribution in [3.8, 4) is 0 Å². The highest BCUT2D eigenvalue weighted by Crippen LogP contribution is 2.21. The van der Waals surface area contributed by atoms with Crippen LogP contribution in [0.4, 0.5) is 5.82 Å². The molecule has 0 unspecified atom stereocenters. The quantitative estimate of drug-likeness (QED) is 0.836. The first-order valence-electron chi connectivity index (χ1n) is 10.0. The summed E-state index contributed by atoms with van der Waals surface area (Å²) in [7, 11) is 2.15. The van der Waals surface area contributed by atoms with Gasteiger partial charge in [-0.1, -0.05) is 13.0 Å². The van der Waals surface area contributed by atoms with Gasteiger partial charge in [0.1, 0.15) is 5.82 Å². The zero-order valence-electron chi connectivity index (χ0n) is 16.3. The standard InChI is InChI=1S/C20H33N5O/c1-3-24-9-6-17(7-10-24)15-19(26)22-16-18-5-4-8-21-20(18)25-13-11-23(2)12-14-25/h4-5,8,17H,3,6-7,9-16H2,1-2H3,(H,22,26). The molecule has 0 aliphatic carbocycles. The van der Waals surface area contributed by atoms with E-state index in [9.17, 15) is 4.79 Å². The van der Waals surface area contributed by atoms with E-state index >= 15 is 0 Å². The van der Waals surface area contributed by atoms with Crippen molar-refractivity contribution in [3.05, 3.63) is 23.9 Å². The number of pyridine rings is 1. The molecule has 0 bridgehead atoms. The number of anilines is 1. The number of piperidine rings is 1. The minimum absolute atomic E-state index is 0.174. The van der Waals surface area contributed by atoms with Gasteiger partial charge in [0.15, 0.2) is 0 Å². The number of nitrogens with zero attached hydrogens (tertiary/aromatic N) is 4. The monoisotopic (exact) mass is 359 g/mol. The summed E-state index contributed by atoms with van der Waals surface area (Å²) in [5, 5.41) is 3.13. The molecular weight excluding hydrogens is 326 g/mol. The Bertz CT molecular complexity index is 577. The second kappa shape index (κ2) is 9.33. The van der Waals surface area contributed by atoms with Crippen LogP contribution < -0.4 is 10.2 Å². The van der Waals surface area contributed by atoms with Crippen molar-refractivity contribution in [3.63, 3.8) is 0 Å². The Labute approximate surface area is 157 Å². The molecule has 144 valence electrons. The zero-order chi connectivity index (χ0) is 18.4. The van der Waals surface area contributed by atoms with E-state index in [2.05, 4.69) is 45.0 Å². The number of carbonyl (C=O) groups is 1. The molecule has 2 aliphatic rings. The predicted molar refractivity (Wildman–Crippen MR) is 105 cm³/mol. The van der Waals surface area contributed by atoms with Gasteiger partial charge in [-0.25, -0.2) is 4.98 Å². The SMILES string of the molecule is CCN1CCC(CC(=O)NCc2cccnc2N2CCN(C)CC2)CC1. The molecule has 1 aromatic rings. The molecule has 2 saturated heterocycles. The molecule has 0 saturated carbocycles. The number of piperazine rings is 1. The van der Waals surface area contributed by atoms with E-state index in [0.29, 0.717) is 18.9 Å². The Morgan fingerprint density at radius 2 is 1.92 bits per heavy atom. The summed E-state index contributed by atoms with van der Waals surface area (Å²) in [6.45, 7) is 10.2. The van der Waals surface area contributed by atoms with Crippen LogP contribution in [0.25, 0.3) is 0 Å². The molecule has 0 aromatic carbocycles. The number of carbonyl (C=O) groups excluding carboxylic acids is 1. The number of likely N-dealkylation sites (N-methyl/N-ethyl adjacent to an activating group) is 1. The number of hydrogen-bond donors (Lipinski definition) is 1. The highest BCUT2D eigenvalue weighted by Gasteiger charge is 2.21. The van der Waals surface area contributed by atoms with Crippen LogP contribution in [-0.4, -0.2) is 73.6 Å². The van der Waals surface area contributed by atoms with Crippen molar-refractivity contribution in [2.45, 2.75) is 32.7 Å². The number of amides is 1. The lowest BCUT2D eigenvalue weighted by atomic mass is 9.93. The Morgan fingerprint density at radius 1 is 1.19 bits per heavy atom. The van der Waals surface area contributed by atoms with Crippen LogP contribution in [-0.2, 0) is 11.3 Å². The molecule has 3 heterocycles. The minimum atomic E-state index is 0.174. The Balaban J connectivity index is 1.49. The second-order valence-electron chi connectivity index (χ2n) is 7.63.